The molecule has 2 aromatic carbocycles. The Hall–Kier alpha value is -2.02. The number of nitrogens with one attached hydrogen (secondary N) is 1. The molecule has 1 heteroatoms. The van der Waals surface area contributed by atoms with Gasteiger partial charge in [-0.25, -0.2) is 0 Å². The molecule has 0 aliphatic heterocycles. The van der Waals surface area contributed by atoms with Crippen molar-refractivity contribution in [2.75, 3.05) is 6.54 Å². The molecule has 0 spiro atoms. The Kier molecular flexibility index (Phi) is 6.87. The summed E-state index contributed by atoms with van der Waals surface area (Å²) in [5, 5.41) is 3.54. The van der Waals surface area contributed by atoms with E-state index in [9.17, 15) is 0 Å². The standard InChI is InChI=1S/C22H27N.C2H6/c1-4-6-11-16-22(17(3)23-5-2)20-14-9-7-12-18(20)19-13-8-10-15-21(19)22;1-2/h7-10,12-15,23H,3-6,11,16H2,1-2H3;1-2H3. The molecule has 25 heavy (non-hydrogen) atoms. The zero-order valence-electron chi connectivity index (χ0n) is 16.4. The summed E-state index contributed by atoms with van der Waals surface area (Å²) < 4.78 is 0. The summed E-state index contributed by atoms with van der Waals surface area (Å²) in [6.07, 6.45) is 4.86. The second-order valence-electron chi connectivity index (χ2n) is 6.46. The lowest BCUT2D eigenvalue weighted by Gasteiger charge is -2.35. The van der Waals surface area contributed by atoms with Crippen molar-refractivity contribution in [2.24, 2.45) is 0 Å². The van der Waals surface area contributed by atoms with E-state index in [0.29, 0.717) is 0 Å². The van der Waals surface area contributed by atoms with Gasteiger partial charge in [-0.05, 0) is 35.6 Å². The molecule has 0 bridgehead atoms. The van der Waals surface area contributed by atoms with Crippen molar-refractivity contribution in [3.63, 3.8) is 0 Å². The Morgan fingerprint density at radius 1 is 0.880 bits per heavy atom. The van der Waals surface area contributed by atoms with Crippen LogP contribution in [0.4, 0.5) is 0 Å². The molecule has 0 atom stereocenters. The summed E-state index contributed by atoms with van der Waals surface area (Å²) >= 11 is 0. The highest BCUT2D eigenvalue weighted by Gasteiger charge is 2.44. The smallest absolute Gasteiger partial charge is 0.0604 e. The molecule has 1 nitrogen and oxygen atoms in total. The van der Waals surface area contributed by atoms with Gasteiger partial charge < -0.3 is 5.32 Å². The molecule has 3 rings (SSSR count). The zero-order chi connectivity index (χ0) is 18.3. The molecular weight excluding hydrogens is 302 g/mol. The van der Waals surface area contributed by atoms with Crippen LogP contribution in [-0.2, 0) is 5.41 Å². The molecule has 0 saturated carbocycles. The van der Waals surface area contributed by atoms with Crippen molar-refractivity contribution >= 4 is 0 Å². The topological polar surface area (TPSA) is 12.0 Å². The third kappa shape index (κ3) is 3.38. The van der Waals surface area contributed by atoms with Gasteiger partial charge in [0.15, 0.2) is 0 Å². The zero-order valence-corrected chi connectivity index (χ0v) is 16.4. The first-order valence-corrected chi connectivity index (χ1v) is 9.88. The fraction of sp³-hybridized carbons (Fsp3) is 0.417. The third-order valence-electron chi connectivity index (χ3n) is 5.12. The van der Waals surface area contributed by atoms with E-state index >= 15 is 0 Å². The molecule has 134 valence electrons. The summed E-state index contributed by atoms with van der Waals surface area (Å²) in [7, 11) is 0. The molecule has 0 aromatic heterocycles. The van der Waals surface area contributed by atoms with Gasteiger partial charge in [0.2, 0.25) is 0 Å². The molecule has 1 N–H and O–H groups in total. The minimum Gasteiger partial charge on any atom is -0.388 e. The lowest BCUT2D eigenvalue weighted by atomic mass is 9.72. The van der Waals surface area contributed by atoms with Crippen LogP contribution in [0.25, 0.3) is 11.1 Å². The van der Waals surface area contributed by atoms with Crippen molar-refractivity contribution in [1.29, 1.82) is 0 Å². The lowest BCUT2D eigenvalue weighted by Crippen LogP contribution is -2.35. The van der Waals surface area contributed by atoms with Gasteiger partial charge in [-0.3, -0.25) is 0 Å². The Balaban J connectivity index is 0.00000109. The van der Waals surface area contributed by atoms with E-state index in [-0.39, 0.29) is 5.41 Å². The highest BCUT2D eigenvalue weighted by atomic mass is 14.9. The molecule has 0 radical (unpaired) electrons. The van der Waals surface area contributed by atoms with Crippen LogP contribution in [0.1, 0.15) is 64.5 Å². The van der Waals surface area contributed by atoms with Crippen molar-refractivity contribution < 1.29 is 0 Å². The van der Waals surface area contributed by atoms with E-state index in [1.165, 1.54) is 41.5 Å². The van der Waals surface area contributed by atoms with Crippen LogP contribution >= 0.6 is 0 Å². The second-order valence-corrected chi connectivity index (χ2v) is 6.46. The van der Waals surface area contributed by atoms with E-state index in [4.69, 9.17) is 0 Å². The molecule has 0 saturated heterocycles. The number of hydrogen-bond acceptors (Lipinski definition) is 1. The van der Waals surface area contributed by atoms with Crippen LogP contribution in [0.2, 0.25) is 0 Å². The first-order chi connectivity index (χ1) is 12.3. The molecule has 0 fully saturated rings. The van der Waals surface area contributed by atoms with E-state index in [1.807, 2.05) is 13.8 Å². The number of allylic oxidation sites excluding steroid dienone is 1. The molecule has 1 aliphatic carbocycles. The highest BCUT2D eigenvalue weighted by Crippen LogP contribution is 2.54. The molecule has 1 aliphatic rings. The maximum atomic E-state index is 4.46. The maximum Gasteiger partial charge on any atom is 0.0604 e. The number of benzene rings is 2. The summed E-state index contributed by atoms with van der Waals surface area (Å²) in [5.74, 6) is 0. The molecule has 0 amide bonds. The SMILES string of the molecule is C=C(NCC)C1(CCCCC)c2ccccc2-c2ccccc21.CC. The van der Waals surface area contributed by atoms with Gasteiger partial charge in [0.05, 0.1) is 5.41 Å². The average Bonchev–Trinajstić information content (AvgIpc) is 2.95. The van der Waals surface area contributed by atoms with Crippen LogP contribution < -0.4 is 5.32 Å². The van der Waals surface area contributed by atoms with Crippen LogP contribution in [0.15, 0.2) is 60.8 Å². The highest BCUT2D eigenvalue weighted by molar-refractivity contribution is 5.82. The number of likely N-dealkylation sites (N-methyl/N-ethyl adjacent to an activating group) is 1. The van der Waals surface area contributed by atoms with Crippen molar-refractivity contribution in [2.45, 2.75) is 58.8 Å². The van der Waals surface area contributed by atoms with E-state index in [2.05, 4.69) is 74.3 Å². The van der Waals surface area contributed by atoms with E-state index in [1.54, 1.807) is 0 Å². The lowest BCUT2D eigenvalue weighted by molar-refractivity contribution is 0.489. The molecule has 0 heterocycles. The van der Waals surface area contributed by atoms with Crippen molar-refractivity contribution in [1.82, 2.24) is 5.32 Å². The Labute approximate surface area is 154 Å². The number of hydrogen-bond donors (Lipinski definition) is 1. The minimum absolute atomic E-state index is 0.0850. The summed E-state index contributed by atoms with van der Waals surface area (Å²) in [5.41, 5.74) is 6.65. The first-order valence-electron chi connectivity index (χ1n) is 9.88. The number of unbranched alkanes of at least 4 members (excludes halogenated alkanes) is 2. The maximum absolute atomic E-state index is 4.46. The molecular formula is C24H33N. The molecule has 2 aromatic rings. The van der Waals surface area contributed by atoms with E-state index in [0.717, 1.165) is 18.7 Å². The second kappa shape index (κ2) is 8.89. The van der Waals surface area contributed by atoms with Crippen LogP contribution in [0, 0.1) is 0 Å². The average molecular weight is 336 g/mol. The minimum atomic E-state index is -0.0850. The number of rotatable bonds is 7. The number of fused-ring (bicyclic) bond motifs is 3. The van der Waals surface area contributed by atoms with Gasteiger partial charge in [0, 0.05) is 12.2 Å². The Bertz CT molecular complexity index is 653. The predicted molar refractivity (Wildman–Crippen MR) is 111 cm³/mol. The van der Waals surface area contributed by atoms with E-state index < -0.39 is 0 Å². The van der Waals surface area contributed by atoms with Gasteiger partial charge in [0.25, 0.3) is 0 Å². The van der Waals surface area contributed by atoms with Gasteiger partial charge in [-0.1, -0.05) is 95.1 Å². The fourth-order valence-corrected chi connectivity index (χ4v) is 4.08. The largest absolute Gasteiger partial charge is 0.388 e. The summed E-state index contributed by atoms with van der Waals surface area (Å²) in [6, 6.07) is 17.7. The summed E-state index contributed by atoms with van der Waals surface area (Å²) in [6.45, 7) is 13.8. The fourth-order valence-electron chi connectivity index (χ4n) is 4.08. The van der Waals surface area contributed by atoms with Crippen LogP contribution in [-0.4, -0.2) is 6.54 Å². The monoisotopic (exact) mass is 335 g/mol. The van der Waals surface area contributed by atoms with Gasteiger partial charge in [-0.15, -0.1) is 0 Å². The predicted octanol–water partition coefficient (Wildman–Crippen LogP) is 6.68. The van der Waals surface area contributed by atoms with Gasteiger partial charge >= 0.3 is 0 Å². The quantitative estimate of drug-likeness (QED) is 0.556. The normalized spacial score (nSPS) is 13.3. The Morgan fingerprint density at radius 3 is 1.88 bits per heavy atom. The third-order valence-corrected chi connectivity index (χ3v) is 5.12. The van der Waals surface area contributed by atoms with Gasteiger partial charge in [0.1, 0.15) is 0 Å². The van der Waals surface area contributed by atoms with Crippen LogP contribution in [0.3, 0.4) is 0 Å². The van der Waals surface area contributed by atoms with Crippen molar-refractivity contribution in [3.8, 4) is 11.1 Å². The molecule has 0 unspecified atom stereocenters. The van der Waals surface area contributed by atoms with Gasteiger partial charge in [-0.2, -0.15) is 0 Å². The summed E-state index contributed by atoms with van der Waals surface area (Å²) in [4.78, 5) is 0. The first kappa shape index (κ1) is 19.3. The Morgan fingerprint density at radius 2 is 1.40 bits per heavy atom. The van der Waals surface area contributed by atoms with Crippen LogP contribution in [0.5, 0.6) is 0 Å². The van der Waals surface area contributed by atoms with Crippen molar-refractivity contribution in [3.05, 3.63) is 71.9 Å².